The van der Waals surface area contributed by atoms with Crippen molar-refractivity contribution in [3.05, 3.63) is 29.7 Å². The van der Waals surface area contributed by atoms with Gasteiger partial charge in [-0.05, 0) is 51.1 Å². The van der Waals surface area contributed by atoms with Crippen LogP contribution < -0.4 is 5.32 Å². The van der Waals surface area contributed by atoms with Crippen LogP contribution in [0.4, 0.5) is 0 Å². The normalized spacial score (nSPS) is 19.9. The Labute approximate surface area is 108 Å². The number of nitrogens with one attached hydrogen (secondary N) is 1. The Balaban J connectivity index is 1.87. The Hall–Kier alpha value is -1.55. The second-order valence-electron chi connectivity index (χ2n) is 4.78. The zero-order valence-electron chi connectivity index (χ0n) is 11.0. The van der Waals surface area contributed by atoms with Crippen molar-refractivity contribution in [2.75, 3.05) is 26.7 Å². The van der Waals surface area contributed by atoms with Crippen molar-refractivity contribution in [1.29, 1.82) is 0 Å². The van der Waals surface area contributed by atoms with Crippen LogP contribution in [0.3, 0.4) is 0 Å². The van der Waals surface area contributed by atoms with Gasteiger partial charge in [0.25, 0.3) is 0 Å². The van der Waals surface area contributed by atoms with E-state index in [2.05, 4.69) is 5.32 Å². The SMILES string of the molecule is CNCC1CCN(C(=O)C=Cc2ccc(C)o2)C1. The first kappa shape index (κ1) is 12.9. The quantitative estimate of drug-likeness (QED) is 0.824. The van der Waals surface area contributed by atoms with Gasteiger partial charge in [0, 0.05) is 19.2 Å². The fraction of sp³-hybridized carbons (Fsp3) is 0.500. The number of furan rings is 1. The third-order valence-corrected chi connectivity index (χ3v) is 3.24. The number of carbonyl (C=O) groups is 1. The highest BCUT2D eigenvalue weighted by molar-refractivity contribution is 5.91. The fourth-order valence-corrected chi connectivity index (χ4v) is 2.29. The van der Waals surface area contributed by atoms with E-state index in [1.54, 1.807) is 12.2 Å². The van der Waals surface area contributed by atoms with Crippen LogP contribution in [0.5, 0.6) is 0 Å². The lowest BCUT2D eigenvalue weighted by molar-refractivity contribution is -0.125. The molecule has 18 heavy (non-hydrogen) atoms. The molecule has 1 aliphatic rings. The summed E-state index contributed by atoms with van der Waals surface area (Å²) in [5, 5.41) is 3.16. The Morgan fingerprint density at radius 1 is 1.61 bits per heavy atom. The van der Waals surface area contributed by atoms with E-state index in [0.717, 1.165) is 37.6 Å². The molecule has 4 heteroatoms. The Morgan fingerprint density at radius 2 is 2.44 bits per heavy atom. The molecule has 1 unspecified atom stereocenters. The van der Waals surface area contributed by atoms with Crippen LogP contribution in [0.15, 0.2) is 22.6 Å². The smallest absolute Gasteiger partial charge is 0.246 e. The summed E-state index contributed by atoms with van der Waals surface area (Å²) in [7, 11) is 1.95. The maximum atomic E-state index is 12.0. The lowest BCUT2D eigenvalue weighted by Gasteiger charge is -2.13. The summed E-state index contributed by atoms with van der Waals surface area (Å²) in [5.41, 5.74) is 0. The molecule has 1 amide bonds. The predicted octanol–water partition coefficient (Wildman–Crippen LogP) is 1.67. The van der Waals surface area contributed by atoms with Gasteiger partial charge in [-0.25, -0.2) is 0 Å². The van der Waals surface area contributed by atoms with Crippen LogP contribution in [0.2, 0.25) is 0 Å². The molecule has 0 aliphatic carbocycles. The first-order chi connectivity index (χ1) is 8.69. The average Bonchev–Trinajstić information content (AvgIpc) is 2.96. The summed E-state index contributed by atoms with van der Waals surface area (Å²) >= 11 is 0. The number of aryl methyl sites for hydroxylation is 1. The van der Waals surface area contributed by atoms with Crippen molar-refractivity contribution < 1.29 is 9.21 Å². The van der Waals surface area contributed by atoms with E-state index in [1.165, 1.54) is 0 Å². The van der Waals surface area contributed by atoms with E-state index in [9.17, 15) is 4.79 Å². The van der Waals surface area contributed by atoms with Gasteiger partial charge in [-0.2, -0.15) is 0 Å². The minimum absolute atomic E-state index is 0.0719. The van der Waals surface area contributed by atoms with Crippen molar-refractivity contribution in [3.63, 3.8) is 0 Å². The van der Waals surface area contributed by atoms with Gasteiger partial charge in [0.15, 0.2) is 0 Å². The fourth-order valence-electron chi connectivity index (χ4n) is 2.29. The molecule has 98 valence electrons. The molecule has 1 aliphatic heterocycles. The van der Waals surface area contributed by atoms with Gasteiger partial charge in [-0.15, -0.1) is 0 Å². The number of nitrogens with zero attached hydrogens (tertiary/aromatic N) is 1. The largest absolute Gasteiger partial charge is 0.462 e. The number of carbonyl (C=O) groups excluding carboxylic acids is 1. The van der Waals surface area contributed by atoms with Crippen molar-refractivity contribution in [2.24, 2.45) is 5.92 Å². The molecule has 0 aromatic carbocycles. The van der Waals surface area contributed by atoms with E-state index >= 15 is 0 Å². The molecule has 1 aromatic heterocycles. The third-order valence-electron chi connectivity index (χ3n) is 3.24. The molecule has 2 heterocycles. The maximum absolute atomic E-state index is 12.0. The minimum atomic E-state index is 0.0719. The lowest BCUT2D eigenvalue weighted by atomic mass is 10.1. The van der Waals surface area contributed by atoms with Crippen LogP contribution >= 0.6 is 0 Å². The van der Waals surface area contributed by atoms with E-state index in [-0.39, 0.29) is 5.91 Å². The molecule has 0 bridgehead atoms. The van der Waals surface area contributed by atoms with E-state index in [0.29, 0.717) is 5.92 Å². The zero-order valence-corrected chi connectivity index (χ0v) is 11.0. The van der Waals surface area contributed by atoms with E-state index in [4.69, 9.17) is 4.42 Å². The van der Waals surface area contributed by atoms with Gasteiger partial charge in [-0.3, -0.25) is 4.79 Å². The molecular weight excluding hydrogens is 228 g/mol. The standard InChI is InChI=1S/C14H20N2O2/c1-11-3-4-13(18-11)5-6-14(17)16-8-7-12(10-16)9-15-2/h3-6,12,15H,7-10H2,1-2H3. The molecule has 0 spiro atoms. The first-order valence-corrected chi connectivity index (χ1v) is 6.37. The Morgan fingerprint density at radius 3 is 3.11 bits per heavy atom. The van der Waals surface area contributed by atoms with Gasteiger partial charge < -0.3 is 14.6 Å². The highest BCUT2D eigenvalue weighted by atomic mass is 16.3. The summed E-state index contributed by atoms with van der Waals surface area (Å²) in [4.78, 5) is 13.8. The average molecular weight is 248 g/mol. The molecule has 4 nitrogen and oxygen atoms in total. The number of hydrogen-bond acceptors (Lipinski definition) is 3. The van der Waals surface area contributed by atoms with Crippen LogP contribution in [0.25, 0.3) is 6.08 Å². The Kier molecular flexibility index (Phi) is 4.20. The molecule has 1 atom stereocenters. The van der Waals surface area contributed by atoms with Crippen LogP contribution in [-0.4, -0.2) is 37.5 Å². The number of likely N-dealkylation sites (tertiary alicyclic amines) is 1. The van der Waals surface area contributed by atoms with Gasteiger partial charge in [0.2, 0.25) is 5.91 Å². The summed E-state index contributed by atoms with van der Waals surface area (Å²) in [6.07, 6.45) is 4.42. The van der Waals surface area contributed by atoms with Crippen molar-refractivity contribution in [1.82, 2.24) is 10.2 Å². The highest BCUT2D eigenvalue weighted by Crippen LogP contribution is 2.16. The Bertz CT molecular complexity index is 437. The van der Waals surface area contributed by atoms with Gasteiger partial charge in [0.1, 0.15) is 11.5 Å². The summed E-state index contributed by atoms with van der Waals surface area (Å²) in [6, 6.07) is 3.76. The van der Waals surface area contributed by atoms with Crippen molar-refractivity contribution in [2.45, 2.75) is 13.3 Å². The molecule has 1 aromatic rings. The van der Waals surface area contributed by atoms with Gasteiger partial charge in [0.05, 0.1) is 0 Å². The number of amides is 1. The van der Waals surface area contributed by atoms with Gasteiger partial charge in [-0.1, -0.05) is 0 Å². The minimum Gasteiger partial charge on any atom is -0.462 e. The number of rotatable bonds is 4. The summed E-state index contributed by atoms with van der Waals surface area (Å²) in [6.45, 7) is 4.57. The monoisotopic (exact) mass is 248 g/mol. The van der Waals surface area contributed by atoms with Crippen LogP contribution in [0, 0.1) is 12.8 Å². The molecule has 2 rings (SSSR count). The molecule has 1 N–H and O–H groups in total. The molecule has 0 radical (unpaired) electrons. The third kappa shape index (κ3) is 3.23. The zero-order chi connectivity index (χ0) is 13.0. The van der Waals surface area contributed by atoms with E-state index < -0.39 is 0 Å². The highest BCUT2D eigenvalue weighted by Gasteiger charge is 2.24. The second-order valence-corrected chi connectivity index (χ2v) is 4.78. The maximum Gasteiger partial charge on any atom is 0.246 e. The molecular formula is C14H20N2O2. The van der Waals surface area contributed by atoms with Gasteiger partial charge >= 0.3 is 0 Å². The van der Waals surface area contributed by atoms with E-state index in [1.807, 2.05) is 31.0 Å². The number of hydrogen-bond donors (Lipinski definition) is 1. The molecule has 1 saturated heterocycles. The first-order valence-electron chi connectivity index (χ1n) is 6.37. The predicted molar refractivity (Wildman–Crippen MR) is 71.1 cm³/mol. The summed E-state index contributed by atoms with van der Waals surface area (Å²) < 4.78 is 5.39. The molecule has 1 fully saturated rings. The topological polar surface area (TPSA) is 45.5 Å². The van der Waals surface area contributed by atoms with Crippen LogP contribution in [-0.2, 0) is 4.79 Å². The second kappa shape index (κ2) is 5.87. The summed E-state index contributed by atoms with van der Waals surface area (Å²) in [5.74, 6) is 2.24. The lowest BCUT2D eigenvalue weighted by Crippen LogP contribution is -2.28. The van der Waals surface area contributed by atoms with Crippen molar-refractivity contribution in [3.8, 4) is 0 Å². The van der Waals surface area contributed by atoms with Crippen molar-refractivity contribution >= 4 is 12.0 Å². The molecule has 0 saturated carbocycles. The van der Waals surface area contributed by atoms with Crippen LogP contribution in [0.1, 0.15) is 17.9 Å².